The minimum Gasteiger partial charge on any atom is -0.352 e. The second-order valence-electron chi connectivity index (χ2n) is 5.48. The lowest BCUT2D eigenvalue weighted by molar-refractivity contribution is 0.0746. The van der Waals surface area contributed by atoms with Gasteiger partial charge in [-0.05, 0) is 23.6 Å². The van der Waals surface area contributed by atoms with Crippen LogP contribution >= 0.6 is 11.3 Å². The number of carbonyl (C=O) groups is 1. The number of hydrogen-bond acceptors (Lipinski definition) is 5. The topological polar surface area (TPSA) is 49.3 Å². The molecule has 1 aromatic carbocycles. The number of carbonyl (C=O) groups excluding carboxylic acids is 1. The van der Waals surface area contributed by atoms with Crippen molar-refractivity contribution in [2.24, 2.45) is 0 Å². The first-order chi connectivity index (χ1) is 11.3. The molecule has 2 aromatic heterocycles. The molecule has 4 rings (SSSR count). The molecule has 0 atom stereocenters. The minimum absolute atomic E-state index is 0.105. The molecule has 23 heavy (non-hydrogen) atoms. The van der Waals surface area contributed by atoms with Gasteiger partial charge in [-0.25, -0.2) is 9.97 Å². The average Bonchev–Trinajstić information content (AvgIpc) is 3.11. The van der Waals surface area contributed by atoms with Gasteiger partial charge in [-0.1, -0.05) is 18.2 Å². The predicted octanol–water partition coefficient (Wildman–Crippen LogP) is 2.65. The first-order valence-electron chi connectivity index (χ1n) is 7.60. The van der Waals surface area contributed by atoms with Gasteiger partial charge in [0.2, 0.25) is 0 Å². The van der Waals surface area contributed by atoms with Crippen LogP contribution < -0.4 is 4.90 Å². The molecule has 0 unspecified atom stereocenters. The Bertz CT molecular complexity index is 825. The molecule has 116 valence electrons. The van der Waals surface area contributed by atoms with E-state index in [1.54, 1.807) is 17.7 Å². The highest BCUT2D eigenvalue weighted by Crippen LogP contribution is 2.27. The van der Waals surface area contributed by atoms with E-state index < -0.39 is 0 Å². The van der Waals surface area contributed by atoms with E-state index in [0.717, 1.165) is 34.7 Å². The highest BCUT2D eigenvalue weighted by molar-refractivity contribution is 7.16. The Hall–Kier alpha value is -2.47. The molecule has 6 heteroatoms. The zero-order chi connectivity index (χ0) is 15.6. The number of hydrogen-bond donors (Lipinski definition) is 0. The van der Waals surface area contributed by atoms with Crippen LogP contribution in [0.1, 0.15) is 10.4 Å². The molecule has 0 N–H and O–H groups in total. The summed E-state index contributed by atoms with van der Waals surface area (Å²) < 4.78 is 0. The molecule has 1 amide bonds. The highest BCUT2D eigenvalue weighted by atomic mass is 32.1. The first kappa shape index (κ1) is 14.1. The summed E-state index contributed by atoms with van der Waals surface area (Å²) in [4.78, 5) is 26.4. The van der Waals surface area contributed by atoms with Crippen LogP contribution in [-0.2, 0) is 0 Å². The van der Waals surface area contributed by atoms with Crippen LogP contribution in [0.25, 0.3) is 10.2 Å². The van der Waals surface area contributed by atoms with Crippen LogP contribution in [0, 0.1) is 0 Å². The van der Waals surface area contributed by atoms with E-state index in [9.17, 15) is 4.79 Å². The second kappa shape index (κ2) is 5.96. The largest absolute Gasteiger partial charge is 0.352 e. The molecule has 1 aliphatic heterocycles. The molecule has 1 saturated heterocycles. The van der Waals surface area contributed by atoms with Crippen LogP contribution in [0.4, 0.5) is 5.82 Å². The van der Waals surface area contributed by atoms with Gasteiger partial charge < -0.3 is 9.80 Å². The minimum atomic E-state index is 0.105. The van der Waals surface area contributed by atoms with Gasteiger partial charge in [0, 0.05) is 31.7 Å². The van der Waals surface area contributed by atoms with Gasteiger partial charge in [0.25, 0.3) is 5.91 Å². The van der Waals surface area contributed by atoms with Gasteiger partial charge in [0.1, 0.15) is 17.0 Å². The van der Waals surface area contributed by atoms with Crippen LogP contribution in [0.15, 0.2) is 48.1 Å². The van der Waals surface area contributed by atoms with Crippen molar-refractivity contribution in [2.75, 3.05) is 31.1 Å². The van der Waals surface area contributed by atoms with Crippen LogP contribution in [-0.4, -0.2) is 47.0 Å². The molecule has 0 saturated carbocycles. The van der Waals surface area contributed by atoms with Crippen LogP contribution in [0.5, 0.6) is 0 Å². The van der Waals surface area contributed by atoms with E-state index in [1.807, 2.05) is 40.6 Å². The number of thiophene rings is 1. The van der Waals surface area contributed by atoms with E-state index in [1.165, 1.54) is 0 Å². The molecular weight excluding hydrogens is 308 g/mol. The lowest BCUT2D eigenvalue weighted by atomic mass is 10.2. The smallest absolute Gasteiger partial charge is 0.253 e. The van der Waals surface area contributed by atoms with Crippen molar-refractivity contribution in [1.82, 2.24) is 14.9 Å². The molecule has 3 heterocycles. The van der Waals surface area contributed by atoms with Gasteiger partial charge in [-0.15, -0.1) is 11.3 Å². The zero-order valence-electron chi connectivity index (χ0n) is 12.6. The molecule has 1 fully saturated rings. The van der Waals surface area contributed by atoms with Crippen molar-refractivity contribution in [3.8, 4) is 0 Å². The van der Waals surface area contributed by atoms with Crippen LogP contribution in [0.3, 0.4) is 0 Å². The van der Waals surface area contributed by atoms with E-state index >= 15 is 0 Å². The van der Waals surface area contributed by atoms with Crippen LogP contribution in [0.2, 0.25) is 0 Å². The van der Waals surface area contributed by atoms with Gasteiger partial charge in [-0.2, -0.15) is 0 Å². The number of rotatable bonds is 2. The molecule has 0 aliphatic carbocycles. The maximum atomic E-state index is 12.5. The third-order valence-electron chi connectivity index (χ3n) is 4.13. The molecule has 3 aromatic rings. The molecule has 1 aliphatic rings. The number of amides is 1. The number of piperazine rings is 1. The standard InChI is InChI=1S/C17H16N4OS/c22-17(13-4-2-1-3-5-13)21-9-7-20(8-10-21)15-14-6-11-23-16(14)19-12-18-15/h1-6,11-12H,7-10H2. The second-order valence-corrected chi connectivity index (χ2v) is 6.38. The van der Waals surface area contributed by atoms with E-state index in [-0.39, 0.29) is 5.91 Å². The third-order valence-corrected chi connectivity index (χ3v) is 4.95. The van der Waals surface area contributed by atoms with Crippen molar-refractivity contribution in [2.45, 2.75) is 0 Å². The van der Waals surface area contributed by atoms with Crippen molar-refractivity contribution >= 4 is 33.3 Å². The van der Waals surface area contributed by atoms with Crippen molar-refractivity contribution in [1.29, 1.82) is 0 Å². The van der Waals surface area contributed by atoms with Crippen molar-refractivity contribution in [3.05, 3.63) is 53.7 Å². The fourth-order valence-electron chi connectivity index (χ4n) is 2.91. The summed E-state index contributed by atoms with van der Waals surface area (Å²) in [5.41, 5.74) is 0.753. The Kier molecular flexibility index (Phi) is 3.67. The van der Waals surface area contributed by atoms with Gasteiger partial charge >= 0.3 is 0 Å². The Morgan fingerprint density at radius 1 is 1.00 bits per heavy atom. The Morgan fingerprint density at radius 2 is 1.78 bits per heavy atom. The van der Waals surface area contributed by atoms with Gasteiger partial charge in [-0.3, -0.25) is 4.79 Å². The zero-order valence-corrected chi connectivity index (χ0v) is 13.4. The molecule has 0 spiro atoms. The number of anilines is 1. The Morgan fingerprint density at radius 3 is 2.57 bits per heavy atom. The summed E-state index contributed by atoms with van der Waals surface area (Å²) >= 11 is 1.63. The molecule has 5 nitrogen and oxygen atoms in total. The van der Waals surface area contributed by atoms with Gasteiger partial charge in [0.15, 0.2) is 0 Å². The summed E-state index contributed by atoms with van der Waals surface area (Å²) in [7, 11) is 0. The number of aromatic nitrogens is 2. The molecule has 0 radical (unpaired) electrons. The quantitative estimate of drug-likeness (QED) is 0.727. The van der Waals surface area contributed by atoms with Gasteiger partial charge in [0.05, 0.1) is 5.39 Å². The average molecular weight is 324 g/mol. The monoisotopic (exact) mass is 324 g/mol. The van der Waals surface area contributed by atoms with E-state index in [0.29, 0.717) is 13.1 Å². The number of fused-ring (bicyclic) bond motifs is 1. The summed E-state index contributed by atoms with van der Waals surface area (Å²) in [6, 6.07) is 11.5. The van der Waals surface area contributed by atoms with E-state index in [4.69, 9.17) is 0 Å². The summed E-state index contributed by atoms with van der Waals surface area (Å²) in [6.07, 6.45) is 1.62. The maximum absolute atomic E-state index is 12.5. The summed E-state index contributed by atoms with van der Waals surface area (Å²) in [6.45, 7) is 3.01. The fraction of sp³-hybridized carbons (Fsp3) is 0.235. The Labute approximate surface area is 138 Å². The van der Waals surface area contributed by atoms with E-state index in [2.05, 4.69) is 20.9 Å². The van der Waals surface area contributed by atoms with Crippen molar-refractivity contribution in [3.63, 3.8) is 0 Å². The predicted molar refractivity (Wildman–Crippen MR) is 92.0 cm³/mol. The maximum Gasteiger partial charge on any atom is 0.253 e. The first-order valence-corrected chi connectivity index (χ1v) is 8.48. The SMILES string of the molecule is O=C(c1ccccc1)N1CCN(c2ncnc3sccc23)CC1. The lowest BCUT2D eigenvalue weighted by Crippen LogP contribution is -2.49. The fourth-order valence-corrected chi connectivity index (χ4v) is 3.64. The summed E-state index contributed by atoms with van der Waals surface area (Å²) in [5, 5.41) is 3.14. The Balaban J connectivity index is 1.49. The summed E-state index contributed by atoms with van der Waals surface area (Å²) in [5.74, 6) is 1.08. The molecule has 0 bridgehead atoms. The number of nitrogens with zero attached hydrogens (tertiary/aromatic N) is 4. The highest BCUT2D eigenvalue weighted by Gasteiger charge is 2.23. The van der Waals surface area contributed by atoms with Crippen molar-refractivity contribution < 1.29 is 4.79 Å². The third kappa shape index (κ3) is 2.66. The number of benzene rings is 1. The lowest BCUT2D eigenvalue weighted by Gasteiger charge is -2.35. The normalized spacial score (nSPS) is 15.1. The molecular formula is C17H16N4OS.